The third-order valence-electron chi connectivity index (χ3n) is 3.44. The molecule has 0 fully saturated rings. The summed E-state index contributed by atoms with van der Waals surface area (Å²) < 4.78 is 0. The van der Waals surface area contributed by atoms with Gasteiger partial charge in [-0.25, -0.2) is 0 Å². The molecular weight excluding hydrogens is 316 g/mol. The highest BCUT2D eigenvalue weighted by Gasteiger charge is 2.05. The number of halogens is 1. The van der Waals surface area contributed by atoms with Gasteiger partial charge in [0.1, 0.15) is 0 Å². The molecule has 2 aromatic rings. The fourth-order valence-electron chi connectivity index (χ4n) is 2.20. The number of thiophene rings is 1. The van der Waals surface area contributed by atoms with Crippen LogP contribution < -0.4 is 11.1 Å². The van der Waals surface area contributed by atoms with Crippen molar-refractivity contribution in [3.63, 3.8) is 0 Å². The van der Waals surface area contributed by atoms with E-state index in [4.69, 9.17) is 5.73 Å². The number of amides is 1. The summed E-state index contributed by atoms with van der Waals surface area (Å²) in [7, 11) is 0. The van der Waals surface area contributed by atoms with Crippen molar-refractivity contribution in [1.29, 1.82) is 0 Å². The summed E-state index contributed by atoms with van der Waals surface area (Å²) >= 11 is 1.80. The van der Waals surface area contributed by atoms with E-state index in [0.29, 0.717) is 12.1 Å². The van der Waals surface area contributed by atoms with Crippen LogP contribution in [0.1, 0.15) is 36.1 Å². The number of rotatable bonds is 7. The van der Waals surface area contributed by atoms with Gasteiger partial charge in [-0.2, -0.15) is 0 Å². The second-order valence-corrected chi connectivity index (χ2v) is 6.29. The lowest BCUT2D eigenvalue weighted by molar-refractivity contribution is -0.116. The second-order valence-electron chi connectivity index (χ2n) is 5.26. The zero-order valence-electron chi connectivity index (χ0n) is 12.8. The fraction of sp³-hybridized carbons (Fsp3) is 0.353. The van der Waals surface area contributed by atoms with E-state index in [-0.39, 0.29) is 18.3 Å². The number of nitrogens with one attached hydrogen (secondary N) is 1. The summed E-state index contributed by atoms with van der Waals surface area (Å²) in [6.45, 7) is 1.97. The molecule has 22 heavy (non-hydrogen) atoms. The summed E-state index contributed by atoms with van der Waals surface area (Å²) in [4.78, 5) is 13.3. The number of nitrogens with two attached hydrogens (primary N) is 1. The highest BCUT2D eigenvalue weighted by atomic mass is 35.5. The number of aryl methyl sites for hydroxylation is 2. The number of carbonyl (C=O) groups excluding carboxylic acids is 1. The third-order valence-corrected chi connectivity index (χ3v) is 4.38. The molecule has 0 spiro atoms. The highest BCUT2D eigenvalue weighted by molar-refractivity contribution is 7.09. The van der Waals surface area contributed by atoms with E-state index < -0.39 is 0 Å². The summed E-state index contributed by atoms with van der Waals surface area (Å²) in [5.74, 6) is 0.0693. The summed E-state index contributed by atoms with van der Waals surface area (Å²) in [5, 5.41) is 5.05. The molecule has 0 aliphatic heterocycles. The van der Waals surface area contributed by atoms with Crippen molar-refractivity contribution in [1.82, 2.24) is 0 Å². The Kier molecular flexibility index (Phi) is 7.99. The van der Waals surface area contributed by atoms with E-state index in [1.54, 1.807) is 11.3 Å². The van der Waals surface area contributed by atoms with Crippen LogP contribution in [0.25, 0.3) is 0 Å². The Morgan fingerprint density at radius 1 is 1.23 bits per heavy atom. The Hall–Kier alpha value is -1.52. The second kappa shape index (κ2) is 9.49. The summed E-state index contributed by atoms with van der Waals surface area (Å²) in [5.41, 5.74) is 8.27. The Morgan fingerprint density at radius 2 is 2.05 bits per heavy atom. The number of carbonyl (C=O) groups is 1. The molecule has 0 radical (unpaired) electrons. The van der Waals surface area contributed by atoms with Crippen molar-refractivity contribution in [3.8, 4) is 0 Å². The minimum atomic E-state index is 0. The third kappa shape index (κ3) is 6.08. The Labute approximate surface area is 142 Å². The van der Waals surface area contributed by atoms with E-state index >= 15 is 0 Å². The molecule has 0 bridgehead atoms. The molecule has 0 saturated heterocycles. The fourth-order valence-corrected chi connectivity index (χ4v) is 2.95. The van der Waals surface area contributed by atoms with Crippen LogP contribution in [-0.2, 0) is 11.2 Å². The molecule has 1 aromatic heterocycles. The first-order valence-corrected chi connectivity index (χ1v) is 8.21. The first-order valence-electron chi connectivity index (χ1n) is 7.33. The van der Waals surface area contributed by atoms with Crippen LogP contribution in [0.5, 0.6) is 0 Å². The molecule has 1 heterocycles. The molecule has 1 aromatic carbocycles. The lowest BCUT2D eigenvalue weighted by Gasteiger charge is -2.09. The van der Waals surface area contributed by atoms with Crippen LogP contribution in [0.15, 0.2) is 35.7 Å². The summed E-state index contributed by atoms with van der Waals surface area (Å²) in [6.07, 6.45) is 4.84. The molecule has 1 amide bonds. The number of anilines is 2. The van der Waals surface area contributed by atoms with Gasteiger partial charge in [-0.15, -0.1) is 23.7 Å². The average Bonchev–Trinajstić information content (AvgIpc) is 2.96. The molecule has 2 rings (SSSR count). The van der Waals surface area contributed by atoms with Gasteiger partial charge in [-0.3, -0.25) is 4.79 Å². The molecule has 0 aliphatic rings. The highest BCUT2D eigenvalue weighted by Crippen LogP contribution is 2.19. The van der Waals surface area contributed by atoms with Gasteiger partial charge in [0.15, 0.2) is 0 Å². The predicted octanol–water partition coefficient (Wildman–Crippen LogP) is 4.80. The normalized spacial score (nSPS) is 10.0. The molecule has 3 N–H and O–H groups in total. The van der Waals surface area contributed by atoms with Gasteiger partial charge in [-0.05, 0) is 55.3 Å². The van der Waals surface area contributed by atoms with Crippen molar-refractivity contribution in [2.45, 2.75) is 39.0 Å². The largest absolute Gasteiger partial charge is 0.399 e. The molecule has 0 unspecified atom stereocenters. The molecular formula is C17H23ClN2OS. The number of benzene rings is 1. The van der Waals surface area contributed by atoms with E-state index in [9.17, 15) is 4.79 Å². The van der Waals surface area contributed by atoms with Gasteiger partial charge < -0.3 is 11.1 Å². The van der Waals surface area contributed by atoms with Crippen molar-refractivity contribution >= 4 is 41.0 Å². The van der Waals surface area contributed by atoms with Crippen molar-refractivity contribution in [2.24, 2.45) is 0 Å². The van der Waals surface area contributed by atoms with Gasteiger partial charge >= 0.3 is 0 Å². The van der Waals surface area contributed by atoms with Crippen LogP contribution in [0, 0.1) is 6.92 Å². The van der Waals surface area contributed by atoms with E-state index in [0.717, 1.165) is 36.9 Å². The number of unbranched alkanes of at least 4 members (excludes halogenated alkanes) is 2. The van der Waals surface area contributed by atoms with Crippen LogP contribution in [-0.4, -0.2) is 5.91 Å². The topological polar surface area (TPSA) is 55.1 Å². The van der Waals surface area contributed by atoms with Gasteiger partial charge in [0.2, 0.25) is 5.91 Å². The van der Waals surface area contributed by atoms with Crippen LogP contribution in [0.4, 0.5) is 11.4 Å². The Balaban J connectivity index is 0.00000242. The van der Waals surface area contributed by atoms with E-state index in [1.807, 2.05) is 25.1 Å². The van der Waals surface area contributed by atoms with Crippen LogP contribution in [0.2, 0.25) is 0 Å². The van der Waals surface area contributed by atoms with Crippen LogP contribution in [0.3, 0.4) is 0 Å². The number of hydrogen-bond donors (Lipinski definition) is 2. The van der Waals surface area contributed by atoms with Gasteiger partial charge in [-0.1, -0.05) is 18.6 Å². The Morgan fingerprint density at radius 3 is 2.77 bits per heavy atom. The van der Waals surface area contributed by atoms with Gasteiger partial charge in [0, 0.05) is 22.7 Å². The average molecular weight is 339 g/mol. The maximum Gasteiger partial charge on any atom is 0.224 e. The number of nitrogen functional groups attached to an aromatic ring is 1. The standard InChI is InChI=1S/C17H22N2OS.ClH/c1-13-9-10-14(18)12-16(13)19-17(20)8-4-2-3-6-15-7-5-11-21-15;/h5,7,9-12H,2-4,6,8,18H2,1H3,(H,19,20);1H. The molecule has 5 heteroatoms. The van der Waals surface area contributed by atoms with Crippen molar-refractivity contribution in [2.75, 3.05) is 11.1 Å². The SMILES string of the molecule is Cc1ccc(N)cc1NC(=O)CCCCCc1cccs1.Cl. The zero-order chi connectivity index (χ0) is 15.1. The number of hydrogen-bond acceptors (Lipinski definition) is 3. The molecule has 0 saturated carbocycles. The van der Waals surface area contributed by atoms with Gasteiger partial charge in [0.05, 0.1) is 0 Å². The molecule has 3 nitrogen and oxygen atoms in total. The van der Waals surface area contributed by atoms with E-state index in [1.165, 1.54) is 4.88 Å². The lowest BCUT2D eigenvalue weighted by atomic mass is 10.1. The molecule has 0 aliphatic carbocycles. The predicted molar refractivity (Wildman–Crippen MR) is 98.0 cm³/mol. The molecule has 120 valence electrons. The minimum absolute atomic E-state index is 0. The van der Waals surface area contributed by atoms with Gasteiger partial charge in [0.25, 0.3) is 0 Å². The monoisotopic (exact) mass is 338 g/mol. The molecule has 0 atom stereocenters. The Bertz CT molecular complexity index is 584. The first kappa shape index (κ1) is 18.5. The van der Waals surface area contributed by atoms with Crippen molar-refractivity contribution in [3.05, 3.63) is 46.2 Å². The van der Waals surface area contributed by atoms with Crippen molar-refractivity contribution < 1.29 is 4.79 Å². The van der Waals surface area contributed by atoms with E-state index in [2.05, 4.69) is 22.8 Å². The maximum atomic E-state index is 11.9. The maximum absolute atomic E-state index is 11.9. The summed E-state index contributed by atoms with van der Waals surface area (Å²) in [6, 6.07) is 9.83. The first-order chi connectivity index (χ1) is 10.1. The smallest absolute Gasteiger partial charge is 0.224 e. The minimum Gasteiger partial charge on any atom is -0.399 e. The van der Waals surface area contributed by atoms with Crippen LogP contribution >= 0.6 is 23.7 Å². The quantitative estimate of drug-likeness (QED) is 0.562. The zero-order valence-corrected chi connectivity index (χ0v) is 14.4. The lowest BCUT2D eigenvalue weighted by Crippen LogP contribution is -2.12.